The molecule has 1 atom stereocenters. The van der Waals surface area contributed by atoms with Gasteiger partial charge in [-0.15, -0.1) is 0 Å². The van der Waals surface area contributed by atoms with E-state index in [1.54, 1.807) is 0 Å². The summed E-state index contributed by atoms with van der Waals surface area (Å²) >= 11 is 6.22. The van der Waals surface area contributed by atoms with Gasteiger partial charge >= 0.3 is 0 Å². The van der Waals surface area contributed by atoms with E-state index in [1.165, 1.54) is 0 Å². The Labute approximate surface area is 116 Å². The first kappa shape index (κ1) is 14.8. The molecule has 0 aliphatic rings. The lowest BCUT2D eigenvalue weighted by Crippen LogP contribution is -2.07. The van der Waals surface area contributed by atoms with Crippen molar-refractivity contribution in [2.75, 3.05) is 0 Å². The highest BCUT2D eigenvalue weighted by Crippen LogP contribution is 2.37. The number of aliphatic hydroxyl groups is 1. The third kappa shape index (κ3) is 3.14. The molecule has 0 aromatic heterocycles. The van der Waals surface area contributed by atoms with Crippen molar-refractivity contribution in [3.05, 3.63) is 44.4 Å². The number of aliphatic hydroxyl groups excluding tert-OH is 1. The zero-order valence-electron chi connectivity index (χ0n) is 9.24. The van der Waals surface area contributed by atoms with Gasteiger partial charge in [-0.1, -0.05) is 19.9 Å². The maximum absolute atomic E-state index is 13.7. The van der Waals surface area contributed by atoms with E-state index >= 15 is 0 Å². The van der Waals surface area contributed by atoms with Crippen LogP contribution >= 0.6 is 31.9 Å². The minimum Gasteiger partial charge on any atom is -0.384 e. The predicted molar refractivity (Wildman–Crippen MR) is 70.8 cm³/mol. The zero-order valence-corrected chi connectivity index (χ0v) is 12.4. The second-order valence-electron chi connectivity index (χ2n) is 3.69. The summed E-state index contributed by atoms with van der Waals surface area (Å²) in [6.07, 6.45) is 0.128. The van der Waals surface area contributed by atoms with Gasteiger partial charge in [-0.05, 0) is 49.9 Å². The molecule has 0 aliphatic carbocycles. The lowest BCUT2D eigenvalue weighted by atomic mass is 9.99. The largest absolute Gasteiger partial charge is 0.384 e. The van der Waals surface area contributed by atoms with E-state index in [0.717, 1.165) is 12.5 Å². The van der Waals surface area contributed by atoms with Gasteiger partial charge in [0.1, 0.15) is 6.10 Å². The SMILES string of the molecule is C=C(CCC)C(O)c1c(F)c(F)cc(Br)c1Br. The standard InChI is InChI=1S/C12H12Br2F2O/c1-3-4-6(2)12(17)9-10(14)7(13)5-8(15)11(9)16/h5,12,17H,2-4H2,1H3. The molecule has 0 heterocycles. The van der Waals surface area contributed by atoms with Gasteiger partial charge < -0.3 is 5.11 Å². The summed E-state index contributed by atoms with van der Waals surface area (Å²) in [6, 6.07) is 1.01. The average molecular weight is 370 g/mol. The van der Waals surface area contributed by atoms with Gasteiger partial charge in [0.15, 0.2) is 11.6 Å². The van der Waals surface area contributed by atoms with Gasteiger partial charge in [-0.2, -0.15) is 0 Å². The van der Waals surface area contributed by atoms with Crippen LogP contribution in [0.4, 0.5) is 8.78 Å². The summed E-state index contributed by atoms with van der Waals surface area (Å²) in [5.74, 6) is -2.05. The van der Waals surface area contributed by atoms with Crippen molar-refractivity contribution in [2.45, 2.75) is 25.9 Å². The molecular weight excluding hydrogens is 358 g/mol. The normalized spacial score (nSPS) is 12.6. The Balaban J connectivity index is 3.25. The number of benzene rings is 1. The quantitative estimate of drug-likeness (QED) is 0.592. The Morgan fingerprint density at radius 3 is 2.59 bits per heavy atom. The molecule has 1 aromatic carbocycles. The van der Waals surface area contributed by atoms with E-state index in [2.05, 4.69) is 38.4 Å². The molecule has 1 unspecified atom stereocenters. The molecule has 0 saturated heterocycles. The van der Waals surface area contributed by atoms with Crippen molar-refractivity contribution in [1.29, 1.82) is 0 Å². The van der Waals surface area contributed by atoms with E-state index in [9.17, 15) is 13.9 Å². The lowest BCUT2D eigenvalue weighted by Gasteiger charge is -2.17. The summed E-state index contributed by atoms with van der Waals surface area (Å²) in [4.78, 5) is 0. The van der Waals surface area contributed by atoms with Crippen LogP contribution in [0.1, 0.15) is 31.4 Å². The molecule has 0 radical (unpaired) electrons. The van der Waals surface area contributed by atoms with Crippen LogP contribution in [0.2, 0.25) is 0 Å². The summed E-state index contributed by atoms with van der Waals surface area (Å²) in [5, 5.41) is 9.97. The highest BCUT2D eigenvalue weighted by Gasteiger charge is 2.23. The van der Waals surface area contributed by atoms with E-state index in [4.69, 9.17) is 0 Å². The third-order valence-electron chi connectivity index (χ3n) is 2.38. The summed E-state index contributed by atoms with van der Waals surface area (Å²) in [5.41, 5.74) is 0.347. The van der Waals surface area contributed by atoms with Gasteiger partial charge in [0.05, 0.1) is 0 Å². The maximum Gasteiger partial charge on any atom is 0.166 e. The number of halogens is 4. The Morgan fingerprint density at radius 1 is 1.47 bits per heavy atom. The molecule has 5 heteroatoms. The summed E-state index contributed by atoms with van der Waals surface area (Å²) in [6.45, 7) is 5.61. The molecule has 0 saturated carbocycles. The smallest absolute Gasteiger partial charge is 0.166 e. The average Bonchev–Trinajstić information content (AvgIpc) is 2.27. The minimum atomic E-state index is -1.21. The first-order valence-corrected chi connectivity index (χ1v) is 6.67. The topological polar surface area (TPSA) is 20.2 Å². The van der Waals surface area contributed by atoms with E-state index in [1.807, 2.05) is 6.92 Å². The zero-order chi connectivity index (χ0) is 13.2. The molecule has 1 rings (SSSR count). The van der Waals surface area contributed by atoms with Gasteiger partial charge in [0.2, 0.25) is 0 Å². The van der Waals surface area contributed by atoms with Crippen LogP contribution in [0.3, 0.4) is 0 Å². The molecule has 0 bridgehead atoms. The fraction of sp³-hybridized carbons (Fsp3) is 0.333. The second-order valence-corrected chi connectivity index (χ2v) is 5.34. The molecule has 0 fully saturated rings. The highest BCUT2D eigenvalue weighted by atomic mass is 79.9. The Hall–Kier alpha value is -0.260. The van der Waals surface area contributed by atoms with E-state index in [0.29, 0.717) is 20.9 Å². The van der Waals surface area contributed by atoms with Crippen molar-refractivity contribution in [1.82, 2.24) is 0 Å². The molecule has 94 valence electrons. The van der Waals surface area contributed by atoms with Crippen molar-refractivity contribution in [3.8, 4) is 0 Å². The number of rotatable bonds is 4. The van der Waals surface area contributed by atoms with Crippen LogP contribution in [-0.4, -0.2) is 5.11 Å². The van der Waals surface area contributed by atoms with Crippen LogP contribution in [-0.2, 0) is 0 Å². The number of hydrogen-bond donors (Lipinski definition) is 1. The summed E-state index contributed by atoms with van der Waals surface area (Å²) < 4.78 is 27.6. The van der Waals surface area contributed by atoms with Crippen molar-refractivity contribution < 1.29 is 13.9 Å². The minimum absolute atomic E-state index is 0.115. The van der Waals surface area contributed by atoms with Crippen LogP contribution in [0.15, 0.2) is 27.2 Å². The molecule has 1 N–H and O–H groups in total. The lowest BCUT2D eigenvalue weighted by molar-refractivity contribution is 0.204. The van der Waals surface area contributed by atoms with Crippen LogP contribution < -0.4 is 0 Å². The van der Waals surface area contributed by atoms with Gasteiger partial charge in [-0.3, -0.25) is 0 Å². The fourth-order valence-corrected chi connectivity index (χ4v) is 2.41. The predicted octanol–water partition coefficient (Wildman–Crippen LogP) is 4.88. The molecule has 1 nitrogen and oxygen atoms in total. The van der Waals surface area contributed by atoms with E-state index < -0.39 is 17.7 Å². The molecule has 0 amide bonds. The highest BCUT2D eigenvalue weighted by molar-refractivity contribution is 9.13. The molecular formula is C12H12Br2F2O. The van der Waals surface area contributed by atoms with Crippen molar-refractivity contribution in [3.63, 3.8) is 0 Å². The van der Waals surface area contributed by atoms with Crippen LogP contribution in [0.5, 0.6) is 0 Å². The molecule has 0 aliphatic heterocycles. The van der Waals surface area contributed by atoms with Crippen LogP contribution in [0.25, 0.3) is 0 Å². The molecule has 0 spiro atoms. The van der Waals surface area contributed by atoms with Crippen molar-refractivity contribution in [2.24, 2.45) is 0 Å². The Morgan fingerprint density at radius 2 is 2.06 bits per heavy atom. The molecule has 17 heavy (non-hydrogen) atoms. The molecule has 1 aromatic rings. The Bertz CT molecular complexity index is 420. The summed E-state index contributed by atoms with van der Waals surface area (Å²) in [7, 11) is 0. The first-order valence-electron chi connectivity index (χ1n) is 5.08. The fourth-order valence-electron chi connectivity index (χ4n) is 1.49. The monoisotopic (exact) mass is 368 g/mol. The van der Waals surface area contributed by atoms with Gasteiger partial charge in [0.25, 0.3) is 0 Å². The van der Waals surface area contributed by atoms with Gasteiger partial charge in [-0.25, -0.2) is 8.78 Å². The van der Waals surface area contributed by atoms with Crippen molar-refractivity contribution >= 4 is 31.9 Å². The second kappa shape index (κ2) is 6.07. The van der Waals surface area contributed by atoms with Gasteiger partial charge in [0, 0.05) is 14.5 Å². The van der Waals surface area contributed by atoms with Crippen LogP contribution in [0, 0.1) is 11.6 Å². The number of hydrogen-bond acceptors (Lipinski definition) is 1. The third-order valence-corrected chi connectivity index (χ3v) is 4.39. The van der Waals surface area contributed by atoms with E-state index in [-0.39, 0.29) is 5.56 Å². The first-order chi connectivity index (χ1) is 7.90. The maximum atomic E-state index is 13.7. The Kier molecular flexibility index (Phi) is 5.28.